The number of para-hydroxylation sites is 1. The number of nitrogens with one attached hydrogen (secondary N) is 4. The molecule has 2 aromatic heterocycles. The van der Waals surface area contributed by atoms with Gasteiger partial charge in [0.25, 0.3) is 0 Å². The number of nitrogens with zero attached hydrogens (tertiary/aromatic N) is 4. The summed E-state index contributed by atoms with van der Waals surface area (Å²) >= 11 is 0. The lowest BCUT2D eigenvalue weighted by atomic mass is 9.98. The van der Waals surface area contributed by atoms with E-state index in [-0.39, 0.29) is 28.5 Å². The van der Waals surface area contributed by atoms with E-state index in [0.717, 1.165) is 18.7 Å². The molecule has 3 aromatic rings. The molecule has 1 atom stereocenters. The number of amidine groups is 1. The van der Waals surface area contributed by atoms with Crippen molar-refractivity contribution in [1.29, 1.82) is 10.9 Å². The molecule has 3 rings (SSSR count). The molecule has 1 unspecified atom stereocenters. The lowest BCUT2D eigenvalue weighted by Crippen LogP contribution is -2.16. The Morgan fingerprint density at radius 1 is 1.26 bits per heavy atom. The second-order valence-electron chi connectivity index (χ2n) is 7.22. The van der Waals surface area contributed by atoms with Crippen molar-refractivity contribution in [2.24, 2.45) is 15.8 Å². The topological polar surface area (TPSA) is 152 Å². The van der Waals surface area contributed by atoms with Crippen LogP contribution >= 0.6 is 0 Å². The molecule has 35 heavy (non-hydrogen) atoms. The first kappa shape index (κ1) is 25.2. The first-order valence-corrected chi connectivity index (χ1v) is 10.2. The van der Waals surface area contributed by atoms with E-state index in [1.54, 1.807) is 18.2 Å². The summed E-state index contributed by atoms with van der Waals surface area (Å²) in [4.78, 5) is 13.6. The Balaban J connectivity index is 2.05. The van der Waals surface area contributed by atoms with E-state index in [9.17, 15) is 17.6 Å². The summed E-state index contributed by atoms with van der Waals surface area (Å²) < 4.78 is 52.6. The highest BCUT2D eigenvalue weighted by Crippen LogP contribution is 2.34. The van der Waals surface area contributed by atoms with Gasteiger partial charge in [-0.3, -0.25) is 5.41 Å². The summed E-state index contributed by atoms with van der Waals surface area (Å²) in [5, 5.41) is 13.6. The average molecular weight is 487 g/mol. The number of alkyl halides is 3. The monoisotopic (exact) mass is 487 g/mol. The van der Waals surface area contributed by atoms with Gasteiger partial charge in [-0.2, -0.15) is 18.3 Å². The average Bonchev–Trinajstić information content (AvgIpc) is 3.27. The van der Waals surface area contributed by atoms with Crippen molar-refractivity contribution < 1.29 is 17.6 Å². The molecule has 0 bridgehead atoms. The summed E-state index contributed by atoms with van der Waals surface area (Å²) in [6, 6.07) is 7.62. The van der Waals surface area contributed by atoms with Gasteiger partial charge in [-0.05, 0) is 24.6 Å². The maximum Gasteiger partial charge on any atom is 0.451 e. The van der Waals surface area contributed by atoms with Gasteiger partial charge in [-0.1, -0.05) is 19.1 Å². The van der Waals surface area contributed by atoms with Gasteiger partial charge in [-0.25, -0.2) is 24.9 Å². The van der Waals surface area contributed by atoms with E-state index in [0.29, 0.717) is 17.7 Å². The van der Waals surface area contributed by atoms with Gasteiger partial charge in [0.05, 0.1) is 17.1 Å². The third kappa shape index (κ3) is 5.75. The SMILES string of the molecule is CCC(/C(=C/Nc1ccccc1F)N=N)c1cc(-c2cnc(C(F)(F)F)nc2)c(/C(N)=N\C=N)[nH]1. The van der Waals surface area contributed by atoms with Crippen molar-refractivity contribution in [3.63, 3.8) is 0 Å². The molecular formula is C22H21F4N9. The van der Waals surface area contributed by atoms with E-state index in [1.165, 1.54) is 18.3 Å². The molecule has 0 saturated heterocycles. The zero-order valence-electron chi connectivity index (χ0n) is 18.4. The van der Waals surface area contributed by atoms with Gasteiger partial charge in [0.15, 0.2) is 0 Å². The highest BCUT2D eigenvalue weighted by atomic mass is 19.4. The van der Waals surface area contributed by atoms with Crippen LogP contribution in [0.5, 0.6) is 0 Å². The molecule has 6 N–H and O–H groups in total. The van der Waals surface area contributed by atoms with Crippen LogP contribution in [-0.4, -0.2) is 27.1 Å². The molecule has 0 aliphatic heterocycles. The van der Waals surface area contributed by atoms with Crippen LogP contribution in [-0.2, 0) is 6.18 Å². The number of anilines is 1. The van der Waals surface area contributed by atoms with Gasteiger partial charge in [0, 0.05) is 41.3 Å². The molecule has 182 valence electrons. The normalized spacial score (nSPS) is 13.4. The van der Waals surface area contributed by atoms with Crippen molar-refractivity contribution in [1.82, 2.24) is 15.0 Å². The van der Waals surface area contributed by atoms with Crippen LogP contribution in [0.15, 0.2) is 64.7 Å². The summed E-state index contributed by atoms with van der Waals surface area (Å²) in [7, 11) is 0. The van der Waals surface area contributed by atoms with Crippen LogP contribution in [0.3, 0.4) is 0 Å². The molecule has 2 heterocycles. The fraction of sp³-hybridized carbons (Fsp3) is 0.182. The Kier molecular flexibility index (Phi) is 7.69. The lowest BCUT2D eigenvalue weighted by Gasteiger charge is -2.14. The second kappa shape index (κ2) is 10.7. The van der Waals surface area contributed by atoms with Gasteiger partial charge in [-0.15, -0.1) is 0 Å². The number of aliphatic imine (C=N–C) groups is 1. The van der Waals surface area contributed by atoms with Gasteiger partial charge >= 0.3 is 6.18 Å². The molecule has 9 nitrogen and oxygen atoms in total. The molecule has 13 heteroatoms. The second-order valence-corrected chi connectivity index (χ2v) is 7.22. The first-order valence-electron chi connectivity index (χ1n) is 10.2. The van der Waals surface area contributed by atoms with E-state index < -0.39 is 23.7 Å². The van der Waals surface area contributed by atoms with E-state index in [2.05, 4.69) is 30.4 Å². The van der Waals surface area contributed by atoms with Crippen LogP contribution in [0, 0.1) is 16.8 Å². The van der Waals surface area contributed by atoms with E-state index in [4.69, 9.17) is 16.7 Å². The van der Waals surface area contributed by atoms with Gasteiger partial charge in [0.1, 0.15) is 18.0 Å². The number of aromatic nitrogens is 3. The molecule has 0 aliphatic rings. The fourth-order valence-corrected chi connectivity index (χ4v) is 3.37. The number of hydrogen-bond donors (Lipinski definition) is 5. The Hall–Kier alpha value is -4.42. The molecule has 0 saturated carbocycles. The number of rotatable bonds is 9. The Morgan fingerprint density at radius 2 is 1.94 bits per heavy atom. The zero-order valence-corrected chi connectivity index (χ0v) is 18.4. The summed E-state index contributed by atoms with van der Waals surface area (Å²) in [6.45, 7) is 1.84. The van der Waals surface area contributed by atoms with Crippen LogP contribution in [0.2, 0.25) is 0 Å². The third-order valence-electron chi connectivity index (χ3n) is 5.03. The molecular weight excluding hydrogens is 466 g/mol. The maximum atomic E-state index is 14.0. The van der Waals surface area contributed by atoms with Gasteiger partial charge in [0.2, 0.25) is 5.82 Å². The number of hydrogen-bond acceptors (Lipinski definition) is 6. The number of nitrogens with two attached hydrogens (primary N) is 1. The van der Waals surface area contributed by atoms with Crippen molar-refractivity contribution >= 4 is 17.9 Å². The highest BCUT2D eigenvalue weighted by molar-refractivity contribution is 6.04. The first-order chi connectivity index (χ1) is 16.7. The number of H-pyrrole nitrogens is 1. The minimum Gasteiger partial charge on any atom is -0.382 e. The molecule has 0 radical (unpaired) electrons. The molecule has 0 amide bonds. The third-order valence-corrected chi connectivity index (χ3v) is 5.03. The van der Waals surface area contributed by atoms with Crippen molar-refractivity contribution in [3.8, 4) is 11.1 Å². The van der Waals surface area contributed by atoms with Crippen LogP contribution < -0.4 is 11.1 Å². The number of aromatic amines is 1. The molecule has 0 spiro atoms. The standard InChI is InChI=1S/C22H21F4N9/c1-2-13(18(35-29)10-30-16-6-4-3-5-15(16)23)17-7-14(19(34-17)20(28)33-11-27)12-8-31-21(32-9-12)22(24,25)26/h3-11,13,29-30,34H,2H2,1H3,(H3,27,28,33)/b18-10-,35-29?. The van der Waals surface area contributed by atoms with Crippen LogP contribution in [0.1, 0.15) is 36.5 Å². The number of halogens is 4. The lowest BCUT2D eigenvalue weighted by molar-refractivity contribution is -0.144. The summed E-state index contributed by atoms with van der Waals surface area (Å²) in [5.74, 6) is -2.36. The van der Waals surface area contributed by atoms with Crippen LogP contribution in [0.4, 0.5) is 23.2 Å². The largest absolute Gasteiger partial charge is 0.451 e. The Labute approximate surface area is 197 Å². The van der Waals surface area contributed by atoms with E-state index in [1.807, 2.05) is 6.92 Å². The number of allylic oxidation sites excluding steroid dienone is 1. The quantitative estimate of drug-likeness (QED) is 0.118. The minimum absolute atomic E-state index is 0.0891. The minimum atomic E-state index is -4.70. The van der Waals surface area contributed by atoms with Crippen LogP contribution in [0.25, 0.3) is 11.1 Å². The predicted molar refractivity (Wildman–Crippen MR) is 123 cm³/mol. The summed E-state index contributed by atoms with van der Waals surface area (Å²) in [6.07, 6.45) is -0.0948. The van der Waals surface area contributed by atoms with Crippen molar-refractivity contribution in [2.45, 2.75) is 25.4 Å². The molecule has 0 fully saturated rings. The predicted octanol–water partition coefficient (Wildman–Crippen LogP) is 5.42. The maximum absolute atomic E-state index is 14.0. The zero-order chi connectivity index (χ0) is 25.6. The smallest absolute Gasteiger partial charge is 0.382 e. The van der Waals surface area contributed by atoms with Crippen molar-refractivity contribution in [3.05, 3.63) is 77.7 Å². The molecule has 0 aliphatic carbocycles. The summed E-state index contributed by atoms with van der Waals surface area (Å²) in [5.41, 5.74) is 15.4. The van der Waals surface area contributed by atoms with Crippen molar-refractivity contribution in [2.75, 3.05) is 5.32 Å². The highest BCUT2D eigenvalue weighted by Gasteiger charge is 2.34. The Morgan fingerprint density at radius 3 is 2.51 bits per heavy atom. The fourth-order valence-electron chi connectivity index (χ4n) is 3.37. The Bertz CT molecular complexity index is 1260. The number of benzene rings is 1. The van der Waals surface area contributed by atoms with E-state index >= 15 is 0 Å². The van der Waals surface area contributed by atoms with Gasteiger partial charge < -0.3 is 16.0 Å². The molecule has 1 aromatic carbocycles.